The van der Waals surface area contributed by atoms with Crippen molar-refractivity contribution in [2.45, 2.75) is 12.8 Å². The first-order valence-corrected chi connectivity index (χ1v) is 8.76. The number of carboxylic acids is 1. The molecule has 0 atom stereocenters. The Morgan fingerprint density at radius 1 is 0.793 bits per heavy atom. The number of anilines is 1. The van der Waals surface area contributed by atoms with E-state index in [4.69, 9.17) is 5.11 Å². The summed E-state index contributed by atoms with van der Waals surface area (Å²) in [6.45, 7) is 0. The van der Waals surface area contributed by atoms with Crippen molar-refractivity contribution in [3.8, 4) is 28.4 Å². The third-order valence-corrected chi connectivity index (χ3v) is 4.31. The van der Waals surface area contributed by atoms with Crippen molar-refractivity contribution < 1.29 is 30.0 Å². The van der Waals surface area contributed by atoms with E-state index in [2.05, 4.69) is 5.32 Å². The summed E-state index contributed by atoms with van der Waals surface area (Å²) in [5, 5.41) is 40.5. The van der Waals surface area contributed by atoms with Gasteiger partial charge in [0.25, 0.3) is 0 Å². The summed E-state index contributed by atoms with van der Waals surface area (Å²) in [4.78, 5) is 23.1. The van der Waals surface area contributed by atoms with Gasteiger partial charge in [0.15, 0.2) is 0 Å². The van der Waals surface area contributed by atoms with Crippen LogP contribution in [0, 0.1) is 0 Å². The quantitative estimate of drug-likeness (QED) is 0.437. The van der Waals surface area contributed by atoms with Crippen LogP contribution in [0.3, 0.4) is 0 Å². The molecule has 3 aromatic carbocycles. The number of aromatic hydroxyl groups is 3. The molecule has 0 fully saturated rings. The molecule has 0 spiro atoms. The van der Waals surface area contributed by atoms with E-state index < -0.39 is 11.9 Å². The Bertz CT molecular complexity index is 1040. The van der Waals surface area contributed by atoms with Gasteiger partial charge in [0.2, 0.25) is 5.91 Å². The Balaban J connectivity index is 1.69. The SMILES string of the molecule is O=C(O)Cc1cccc(-c2ccc(NC(=O)Cc3c(O)cc(O)cc3O)cc2)c1. The van der Waals surface area contributed by atoms with Crippen LogP contribution in [0.4, 0.5) is 5.69 Å². The fourth-order valence-electron chi connectivity index (χ4n) is 2.96. The Hall–Kier alpha value is -4.00. The Morgan fingerprint density at radius 3 is 2.07 bits per heavy atom. The summed E-state index contributed by atoms with van der Waals surface area (Å²) < 4.78 is 0. The number of carbonyl (C=O) groups excluding carboxylic acids is 1. The van der Waals surface area contributed by atoms with Crippen LogP contribution in [-0.2, 0) is 22.4 Å². The molecule has 0 heterocycles. The van der Waals surface area contributed by atoms with Crippen molar-refractivity contribution in [3.05, 3.63) is 71.8 Å². The highest BCUT2D eigenvalue weighted by atomic mass is 16.4. The number of benzene rings is 3. The number of carboxylic acid groups (broad SMARTS) is 1. The number of hydrogen-bond donors (Lipinski definition) is 5. The van der Waals surface area contributed by atoms with Crippen molar-refractivity contribution >= 4 is 17.6 Å². The fraction of sp³-hybridized carbons (Fsp3) is 0.0909. The van der Waals surface area contributed by atoms with Crippen LogP contribution in [0.1, 0.15) is 11.1 Å². The van der Waals surface area contributed by atoms with Gasteiger partial charge in [0.05, 0.1) is 12.8 Å². The average Bonchev–Trinajstić information content (AvgIpc) is 2.65. The van der Waals surface area contributed by atoms with Crippen LogP contribution in [0.15, 0.2) is 60.7 Å². The molecule has 1 amide bonds. The molecule has 0 bridgehead atoms. The van der Waals surface area contributed by atoms with Crippen LogP contribution in [-0.4, -0.2) is 32.3 Å². The number of rotatable bonds is 6. The van der Waals surface area contributed by atoms with Crippen molar-refractivity contribution in [1.29, 1.82) is 0 Å². The van der Waals surface area contributed by atoms with E-state index in [9.17, 15) is 24.9 Å². The minimum Gasteiger partial charge on any atom is -0.508 e. The van der Waals surface area contributed by atoms with Gasteiger partial charge in [-0.1, -0.05) is 36.4 Å². The van der Waals surface area contributed by atoms with E-state index in [0.717, 1.165) is 23.3 Å². The molecule has 29 heavy (non-hydrogen) atoms. The molecular weight excluding hydrogens is 374 g/mol. The van der Waals surface area contributed by atoms with Crippen LogP contribution in [0.25, 0.3) is 11.1 Å². The normalized spacial score (nSPS) is 10.5. The molecule has 0 unspecified atom stereocenters. The average molecular weight is 393 g/mol. The number of phenolic OH excluding ortho intramolecular Hbond substituents is 3. The third kappa shape index (κ3) is 5.04. The highest BCUT2D eigenvalue weighted by Gasteiger charge is 2.14. The van der Waals surface area contributed by atoms with E-state index in [1.165, 1.54) is 0 Å². The number of hydrogen-bond acceptors (Lipinski definition) is 5. The Labute approximate surface area is 166 Å². The molecule has 0 saturated heterocycles. The molecule has 0 aromatic heterocycles. The van der Waals surface area contributed by atoms with Crippen LogP contribution < -0.4 is 5.32 Å². The van der Waals surface area contributed by atoms with Gasteiger partial charge < -0.3 is 25.7 Å². The Kier molecular flexibility index (Phi) is 5.69. The molecular formula is C22H19NO6. The van der Waals surface area contributed by atoms with E-state index in [1.54, 1.807) is 42.5 Å². The predicted octanol–water partition coefficient (Wildman–Crippen LogP) is 3.28. The summed E-state index contributed by atoms with van der Waals surface area (Å²) in [6, 6.07) is 16.3. The van der Waals surface area contributed by atoms with Gasteiger partial charge in [-0.25, -0.2) is 0 Å². The second-order valence-electron chi connectivity index (χ2n) is 6.54. The van der Waals surface area contributed by atoms with Crippen LogP contribution in [0.5, 0.6) is 17.2 Å². The summed E-state index contributed by atoms with van der Waals surface area (Å²) in [5.41, 5.74) is 2.97. The van der Waals surface area contributed by atoms with Gasteiger partial charge >= 0.3 is 5.97 Å². The van der Waals surface area contributed by atoms with E-state index in [-0.39, 0.29) is 35.7 Å². The van der Waals surface area contributed by atoms with Gasteiger partial charge in [0.1, 0.15) is 17.2 Å². The molecule has 0 saturated carbocycles. The largest absolute Gasteiger partial charge is 0.508 e. The molecule has 7 nitrogen and oxygen atoms in total. The molecule has 5 N–H and O–H groups in total. The molecule has 148 valence electrons. The maximum Gasteiger partial charge on any atom is 0.307 e. The summed E-state index contributed by atoms with van der Waals surface area (Å²) >= 11 is 0. The molecule has 0 aliphatic carbocycles. The lowest BCUT2D eigenvalue weighted by Gasteiger charge is -2.10. The lowest BCUT2D eigenvalue weighted by molar-refractivity contribution is -0.136. The lowest BCUT2D eigenvalue weighted by Crippen LogP contribution is -2.14. The maximum absolute atomic E-state index is 12.2. The van der Waals surface area contributed by atoms with Gasteiger partial charge in [-0.3, -0.25) is 9.59 Å². The van der Waals surface area contributed by atoms with Crippen LogP contribution >= 0.6 is 0 Å². The molecule has 0 aliphatic rings. The molecule has 3 rings (SSSR count). The number of amides is 1. The highest BCUT2D eigenvalue weighted by Crippen LogP contribution is 2.32. The number of phenols is 3. The van der Waals surface area contributed by atoms with Gasteiger partial charge in [-0.05, 0) is 28.8 Å². The summed E-state index contributed by atoms with van der Waals surface area (Å²) in [5.74, 6) is -2.38. The van der Waals surface area contributed by atoms with Gasteiger partial charge in [-0.15, -0.1) is 0 Å². The highest BCUT2D eigenvalue weighted by molar-refractivity contribution is 5.93. The fourth-order valence-corrected chi connectivity index (χ4v) is 2.96. The second-order valence-corrected chi connectivity index (χ2v) is 6.54. The standard InChI is InChI=1S/C22H19NO6/c24-17-10-19(25)18(20(26)11-17)12-21(27)23-16-6-4-14(5-7-16)15-3-1-2-13(8-15)9-22(28)29/h1-8,10-11,24-26H,9,12H2,(H,23,27)(H,28,29). The minimum absolute atomic E-state index is 0.0205. The first-order valence-electron chi connectivity index (χ1n) is 8.76. The minimum atomic E-state index is -0.897. The molecule has 7 heteroatoms. The third-order valence-electron chi connectivity index (χ3n) is 4.31. The lowest BCUT2D eigenvalue weighted by atomic mass is 10.0. The maximum atomic E-state index is 12.2. The van der Waals surface area contributed by atoms with E-state index in [1.807, 2.05) is 6.07 Å². The number of nitrogens with one attached hydrogen (secondary N) is 1. The van der Waals surface area contributed by atoms with Gasteiger partial charge in [0, 0.05) is 23.4 Å². The zero-order valence-electron chi connectivity index (χ0n) is 15.3. The number of carbonyl (C=O) groups is 2. The van der Waals surface area contributed by atoms with Crippen LogP contribution in [0.2, 0.25) is 0 Å². The summed E-state index contributed by atoms with van der Waals surface area (Å²) in [7, 11) is 0. The molecule has 3 aromatic rings. The Morgan fingerprint density at radius 2 is 1.45 bits per heavy atom. The van der Waals surface area contributed by atoms with Crippen molar-refractivity contribution in [3.63, 3.8) is 0 Å². The monoisotopic (exact) mass is 393 g/mol. The predicted molar refractivity (Wildman–Crippen MR) is 107 cm³/mol. The second kappa shape index (κ2) is 8.35. The first-order chi connectivity index (χ1) is 13.8. The van der Waals surface area contributed by atoms with E-state index >= 15 is 0 Å². The van der Waals surface area contributed by atoms with Crippen molar-refractivity contribution in [2.75, 3.05) is 5.32 Å². The molecule has 0 aliphatic heterocycles. The zero-order valence-corrected chi connectivity index (χ0v) is 15.3. The zero-order chi connectivity index (χ0) is 21.0. The number of aliphatic carboxylic acids is 1. The van der Waals surface area contributed by atoms with Crippen molar-refractivity contribution in [2.24, 2.45) is 0 Å². The van der Waals surface area contributed by atoms with E-state index in [0.29, 0.717) is 11.3 Å². The molecule has 0 radical (unpaired) electrons. The summed E-state index contributed by atoms with van der Waals surface area (Å²) in [6.07, 6.45) is -0.324. The van der Waals surface area contributed by atoms with Crippen molar-refractivity contribution in [1.82, 2.24) is 0 Å². The smallest absolute Gasteiger partial charge is 0.307 e. The van der Waals surface area contributed by atoms with Gasteiger partial charge in [-0.2, -0.15) is 0 Å². The topological polar surface area (TPSA) is 127 Å². The first kappa shape index (κ1) is 19.8.